The molecule has 0 aliphatic heterocycles. The summed E-state index contributed by atoms with van der Waals surface area (Å²) in [5.74, 6) is -1.03. The lowest BCUT2D eigenvalue weighted by molar-refractivity contribution is -0.134. The third-order valence-corrected chi connectivity index (χ3v) is 4.80. The Kier molecular flexibility index (Phi) is 5.94. The first-order valence-electron chi connectivity index (χ1n) is 7.01. The van der Waals surface area contributed by atoms with Crippen LogP contribution in [0.3, 0.4) is 0 Å². The fraction of sp³-hybridized carbons (Fsp3) is 0.125. The van der Waals surface area contributed by atoms with Crippen LogP contribution in [-0.2, 0) is 19.4 Å². The maximum Gasteiger partial charge on any atom is 0.371 e. The Bertz CT molecular complexity index is 834. The number of hydrazone groups is 1. The van der Waals surface area contributed by atoms with Gasteiger partial charge in [0, 0.05) is 5.02 Å². The molecule has 0 radical (unpaired) electrons. The van der Waals surface area contributed by atoms with Crippen molar-refractivity contribution in [2.24, 2.45) is 5.10 Å². The van der Waals surface area contributed by atoms with Crippen LogP contribution in [0, 0.1) is 0 Å². The van der Waals surface area contributed by atoms with Crippen molar-refractivity contribution in [3.8, 4) is 0 Å². The molecule has 0 heterocycles. The summed E-state index contributed by atoms with van der Waals surface area (Å²) in [5.41, 5.74) is 3.09. The van der Waals surface area contributed by atoms with Crippen LogP contribution >= 0.6 is 11.6 Å². The quantitative estimate of drug-likeness (QED) is 0.389. The lowest BCUT2D eigenvalue weighted by Crippen LogP contribution is -2.28. The molecule has 8 heteroatoms. The number of rotatable bonds is 4. The van der Waals surface area contributed by atoms with E-state index in [1.807, 2.05) is 0 Å². The molecule has 0 aromatic heterocycles. The van der Waals surface area contributed by atoms with E-state index in [1.54, 1.807) is 37.3 Å². The lowest BCUT2D eigenvalue weighted by atomic mass is 10.3. The van der Waals surface area contributed by atoms with Crippen LogP contribution < -0.4 is 5.43 Å². The highest BCUT2D eigenvalue weighted by molar-refractivity contribution is 8.08. The third-order valence-electron chi connectivity index (χ3n) is 2.89. The van der Waals surface area contributed by atoms with Crippen molar-refractivity contribution in [1.29, 1.82) is 0 Å². The summed E-state index contributed by atoms with van der Waals surface area (Å²) in [4.78, 5) is 11.9. The van der Waals surface area contributed by atoms with Crippen molar-refractivity contribution < 1.29 is 17.9 Å². The van der Waals surface area contributed by atoms with Gasteiger partial charge >= 0.3 is 5.97 Å². The number of para-hydroxylation sites is 1. The van der Waals surface area contributed by atoms with E-state index in [1.165, 1.54) is 24.3 Å². The summed E-state index contributed by atoms with van der Waals surface area (Å²) >= 11 is 5.77. The van der Waals surface area contributed by atoms with Gasteiger partial charge in [-0.2, -0.15) is 5.10 Å². The van der Waals surface area contributed by atoms with Crippen LogP contribution in [0.4, 0.5) is 5.69 Å². The van der Waals surface area contributed by atoms with E-state index in [4.69, 9.17) is 16.3 Å². The fourth-order valence-electron chi connectivity index (χ4n) is 1.76. The minimum atomic E-state index is -4.16. The second-order valence-electron chi connectivity index (χ2n) is 4.57. The van der Waals surface area contributed by atoms with E-state index in [0.717, 1.165) is 0 Å². The number of hydrogen-bond acceptors (Lipinski definition) is 6. The highest BCUT2D eigenvalue weighted by atomic mass is 35.5. The minimum absolute atomic E-state index is 0.0271. The third kappa shape index (κ3) is 4.33. The normalized spacial score (nSPS) is 11.8. The van der Waals surface area contributed by atoms with Gasteiger partial charge in [-0.25, -0.2) is 13.2 Å². The highest BCUT2D eigenvalue weighted by Crippen LogP contribution is 2.18. The molecule has 0 aliphatic rings. The molecular weight excluding hydrogens is 352 g/mol. The lowest BCUT2D eigenvalue weighted by Gasteiger charge is -2.08. The molecule has 2 aromatic rings. The Hall–Kier alpha value is -2.38. The molecule has 2 aromatic carbocycles. The Morgan fingerprint density at radius 2 is 1.75 bits per heavy atom. The van der Waals surface area contributed by atoms with Crippen LogP contribution in [-0.4, -0.2) is 26.0 Å². The zero-order chi connectivity index (χ0) is 17.6. The molecule has 0 saturated carbocycles. The van der Waals surface area contributed by atoms with Crippen molar-refractivity contribution in [2.45, 2.75) is 11.8 Å². The number of sulfone groups is 1. The van der Waals surface area contributed by atoms with Gasteiger partial charge in [-0.05, 0) is 43.3 Å². The molecule has 0 amide bonds. The number of nitrogens with zero attached hydrogens (tertiary/aromatic N) is 1. The number of ether oxygens (including phenoxy) is 1. The summed E-state index contributed by atoms with van der Waals surface area (Å²) in [6, 6.07) is 14.1. The molecular formula is C16H15ClN2O4S. The molecule has 0 saturated heterocycles. The smallest absolute Gasteiger partial charge is 0.371 e. The van der Waals surface area contributed by atoms with Crippen molar-refractivity contribution in [3.05, 3.63) is 59.6 Å². The Balaban J connectivity index is 2.41. The SMILES string of the molecule is CCOC(=O)C(=NNc1ccccc1)S(=O)(=O)c1ccc(Cl)cc1. The fourth-order valence-corrected chi connectivity index (χ4v) is 3.05. The maximum absolute atomic E-state index is 12.7. The van der Waals surface area contributed by atoms with Crippen molar-refractivity contribution >= 4 is 38.1 Å². The summed E-state index contributed by atoms with van der Waals surface area (Å²) in [6.07, 6.45) is 0. The number of hydrogen-bond donors (Lipinski definition) is 1. The molecule has 0 aliphatic carbocycles. The monoisotopic (exact) mass is 366 g/mol. The number of anilines is 1. The van der Waals surface area contributed by atoms with Gasteiger partial charge in [0.2, 0.25) is 9.84 Å². The van der Waals surface area contributed by atoms with Crippen molar-refractivity contribution in [2.75, 3.05) is 12.0 Å². The molecule has 1 N–H and O–H groups in total. The second-order valence-corrected chi connectivity index (χ2v) is 6.87. The Labute approximate surface area is 145 Å². The van der Waals surface area contributed by atoms with Crippen LogP contribution in [0.15, 0.2) is 64.6 Å². The second kappa shape index (κ2) is 7.94. The van der Waals surface area contributed by atoms with Gasteiger partial charge in [0.25, 0.3) is 5.04 Å². The van der Waals surface area contributed by atoms with Crippen LogP contribution in [0.1, 0.15) is 6.92 Å². The standard InChI is InChI=1S/C16H15ClN2O4S/c1-2-23-16(20)15(19-18-13-6-4-3-5-7-13)24(21,22)14-10-8-12(17)9-11-14/h3-11,18H,2H2,1H3. The summed E-state index contributed by atoms with van der Waals surface area (Å²) in [6.45, 7) is 1.61. The molecule has 126 valence electrons. The average Bonchev–Trinajstić information content (AvgIpc) is 2.56. The van der Waals surface area contributed by atoms with E-state index in [0.29, 0.717) is 10.7 Å². The number of carbonyl (C=O) groups is 1. The number of nitrogens with one attached hydrogen (secondary N) is 1. The topological polar surface area (TPSA) is 84.8 Å². The van der Waals surface area contributed by atoms with E-state index in [-0.39, 0.29) is 11.5 Å². The number of carbonyl (C=O) groups excluding carboxylic acids is 1. The average molecular weight is 367 g/mol. The summed E-state index contributed by atoms with van der Waals surface area (Å²) in [5, 5.41) is 3.41. The van der Waals surface area contributed by atoms with Crippen LogP contribution in [0.5, 0.6) is 0 Å². The summed E-state index contributed by atoms with van der Waals surface area (Å²) < 4.78 is 30.1. The highest BCUT2D eigenvalue weighted by Gasteiger charge is 2.30. The summed E-state index contributed by atoms with van der Waals surface area (Å²) in [7, 11) is -4.16. The molecule has 24 heavy (non-hydrogen) atoms. The number of esters is 1. The van der Waals surface area contributed by atoms with Gasteiger partial charge in [-0.15, -0.1) is 0 Å². The van der Waals surface area contributed by atoms with Gasteiger partial charge in [-0.3, -0.25) is 5.43 Å². The largest absolute Gasteiger partial charge is 0.461 e. The van der Waals surface area contributed by atoms with Gasteiger partial charge in [-0.1, -0.05) is 29.8 Å². The molecule has 2 rings (SSSR count). The number of benzene rings is 2. The molecule has 0 fully saturated rings. The zero-order valence-electron chi connectivity index (χ0n) is 12.8. The van der Waals surface area contributed by atoms with Crippen molar-refractivity contribution in [1.82, 2.24) is 0 Å². The molecule has 6 nitrogen and oxygen atoms in total. The Morgan fingerprint density at radius 1 is 1.12 bits per heavy atom. The van der Waals surface area contributed by atoms with Crippen LogP contribution in [0.2, 0.25) is 5.02 Å². The molecule has 0 bridgehead atoms. The van der Waals surface area contributed by atoms with E-state index < -0.39 is 20.9 Å². The first kappa shape index (κ1) is 18.0. The molecule has 0 atom stereocenters. The first-order valence-corrected chi connectivity index (χ1v) is 8.87. The van der Waals surface area contributed by atoms with Gasteiger partial charge in [0.05, 0.1) is 17.2 Å². The van der Waals surface area contributed by atoms with Crippen molar-refractivity contribution in [3.63, 3.8) is 0 Å². The van der Waals surface area contributed by atoms with E-state index in [2.05, 4.69) is 10.5 Å². The molecule has 0 spiro atoms. The predicted octanol–water partition coefficient (Wildman–Crippen LogP) is 3.10. The van der Waals surface area contributed by atoms with Gasteiger partial charge in [0.15, 0.2) is 0 Å². The van der Waals surface area contributed by atoms with E-state index >= 15 is 0 Å². The minimum Gasteiger partial charge on any atom is -0.461 e. The van der Waals surface area contributed by atoms with Crippen LogP contribution in [0.25, 0.3) is 0 Å². The number of halogens is 1. The van der Waals surface area contributed by atoms with Gasteiger partial charge in [0.1, 0.15) is 0 Å². The maximum atomic E-state index is 12.7. The Morgan fingerprint density at radius 3 is 2.33 bits per heavy atom. The zero-order valence-corrected chi connectivity index (χ0v) is 14.3. The molecule has 0 unspecified atom stereocenters. The predicted molar refractivity (Wildman–Crippen MR) is 92.8 cm³/mol. The van der Waals surface area contributed by atoms with Gasteiger partial charge < -0.3 is 4.74 Å². The van der Waals surface area contributed by atoms with E-state index in [9.17, 15) is 13.2 Å². The first-order chi connectivity index (χ1) is 11.4.